The van der Waals surface area contributed by atoms with Crippen LogP contribution in [-0.2, 0) is 0 Å². The molecular weight excluding hydrogens is 679 g/mol. The fourth-order valence-corrected chi connectivity index (χ4v) is 8.49. The summed E-state index contributed by atoms with van der Waals surface area (Å²) in [5.41, 5.74) is 12.4. The van der Waals surface area contributed by atoms with Crippen molar-refractivity contribution in [2.45, 2.75) is 0 Å². The first-order chi connectivity index (χ1) is 27.7. The molecule has 0 bridgehead atoms. The second-order valence-electron chi connectivity index (χ2n) is 14.5. The molecule has 2 heteroatoms. The Labute approximate surface area is 325 Å². The maximum absolute atomic E-state index is 6.30. The maximum atomic E-state index is 6.30. The SMILES string of the molecule is c1ccc(N(c2ccc3cc(-c4ccc(-c5ccc6ccccc6c5)cc4)ccc3c2)c2ccc(-c3cccc4oc5ccccc5c34)c3ccccc23)cc1. The number of hydrogen-bond acceptors (Lipinski definition) is 2. The van der Waals surface area contributed by atoms with Gasteiger partial charge in [-0.25, -0.2) is 0 Å². The number of fused-ring (bicyclic) bond motifs is 6. The van der Waals surface area contributed by atoms with Crippen LogP contribution in [0.2, 0.25) is 0 Å². The molecule has 56 heavy (non-hydrogen) atoms. The van der Waals surface area contributed by atoms with Crippen molar-refractivity contribution in [2.24, 2.45) is 0 Å². The van der Waals surface area contributed by atoms with Crippen molar-refractivity contribution < 1.29 is 4.42 Å². The maximum Gasteiger partial charge on any atom is 0.136 e. The largest absolute Gasteiger partial charge is 0.456 e. The highest BCUT2D eigenvalue weighted by molar-refractivity contribution is 6.16. The molecule has 0 fully saturated rings. The smallest absolute Gasteiger partial charge is 0.136 e. The van der Waals surface area contributed by atoms with Gasteiger partial charge in [0.1, 0.15) is 11.2 Å². The fraction of sp³-hybridized carbons (Fsp3) is 0. The second kappa shape index (κ2) is 13.2. The molecule has 262 valence electrons. The molecular formula is C54H35NO. The molecule has 0 atom stereocenters. The Kier molecular flexibility index (Phi) is 7.53. The van der Waals surface area contributed by atoms with Gasteiger partial charge in [-0.2, -0.15) is 0 Å². The molecule has 0 aliphatic carbocycles. The lowest BCUT2D eigenvalue weighted by molar-refractivity contribution is 0.669. The second-order valence-corrected chi connectivity index (χ2v) is 14.5. The van der Waals surface area contributed by atoms with Crippen LogP contribution >= 0.6 is 0 Å². The van der Waals surface area contributed by atoms with Crippen molar-refractivity contribution in [3.8, 4) is 33.4 Å². The molecule has 0 spiro atoms. The Hall–Kier alpha value is -7.42. The predicted octanol–water partition coefficient (Wildman–Crippen LogP) is 15.5. The number of para-hydroxylation sites is 2. The summed E-state index contributed by atoms with van der Waals surface area (Å²) in [6.07, 6.45) is 0. The molecule has 0 saturated heterocycles. The summed E-state index contributed by atoms with van der Waals surface area (Å²) in [6.45, 7) is 0. The summed E-state index contributed by atoms with van der Waals surface area (Å²) in [6, 6.07) is 76.5. The van der Waals surface area contributed by atoms with E-state index in [1.807, 2.05) is 12.1 Å². The van der Waals surface area contributed by atoms with E-state index in [1.165, 1.54) is 65.7 Å². The number of furan rings is 1. The molecule has 0 amide bonds. The average molecular weight is 714 g/mol. The topological polar surface area (TPSA) is 16.4 Å². The summed E-state index contributed by atoms with van der Waals surface area (Å²) >= 11 is 0. The minimum atomic E-state index is 0.903. The Morgan fingerprint density at radius 1 is 0.304 bits per heavy atom. The normalized spacial score (nSPS) is 11.6. The van der Waals surface area contributed by atoms with E-state index in [0.29, 0.717) is 0 Å². The van der Waals surface area contributed by atoms with Gasteiger partial charge in [-0.05, 0) is 115 Å². The summed E-state index contributed by atoms with van der Waals surface area (Å²) in [5, 5.41) is 9.58. The van der Waals surface area contributed by atoms with Crippen LogP contribution in [0.25, 0.3) is 87.6 Å². The first-order valence-electron chi connectivity index (χ1n) is 19.2. The van der Waals surface area contributed by atoms with Gasteiger partial charge in [0.2, 0.25) is 0 Å². The molecule has 10 aromatic carbocycles. The number of anilines is 3. The quantitative estimate of drug-likeness (QED) is 0.171. The third-order valence-electron chi connectivity index (χ3n) is 11.2. The number of rotatable bonds is 6. The molecule has 11 rings (SSSR count). The zero-order valence-corrected chi connectivity index (χ0v) is 30.6. The van der Waals surface area contributed by atoms with Crippen molar-refractivity contribution in [3.63, 3.8) is 0 Å². The lowest BCUT2D eigenvalue weighted by Crippen LogP contribution is -2.10. The van der Waals surface area contributed by atoms with Gasteiger partial charge in [0.25, 0.3) is 0 Å². The zero-order chi connectivity index (χ0) is 37.0. The van der Waals surface area contributed by atoms with Gasteiger partial charge in [-0.1, -0.05) is 158 Å². The molecule has 1 heterocycles. The van der Waals surface area contributed by atoms with Crippen LogP contribution in [0.5, 0.6) is 0 Å². The minimum absolute atomic E-state index is 0.903. The van der Waals surface area contributed by atoms with Crippen LogP contribution in [0.3, 0.4) is 0 Å². The standard InChI is InChI=1S/C54H35NO/c1-2-13-44(14-3-1)55(51-32-31-47(46-15-6-7-16-48(46)51)49-18-10-20-53-54(49)50-17-8-9-19-52(50)56-53)45-30-29-42-34-41(27-28-43(42)35-45)38-23-21-37(22-24-38)40-26-25-36-11-4-5-12-39(36)33-40/h1-35H. The van der Waals surface area contributed by atoms with Crippen molar-refractivity contribution >= 4 is 71.3 Å². The molecule has 0 unspecified atom stereocenters. The lowest BCUT2D eigenvalue weighted by atomic mass is 9.93. The van der Waals surface area contributed by atoms with Crippen molar-refractivity contribution in [1.82, 2.24) is 0 Å². The van der Waals surface area contributed by atoms with Crippen molar-refractivity contribution in [2.75, 3.05) is 4.90 Å². The molecule has 11 aromatic rings. The highest BCUT2D eigenvalue weighted by atomic mass is 16.3. The molecule has 0 N–H and O–H groups in total. The summed E-state index contributed by atoms with van der Waals surface area (Å²) < 4.78 is 6.30. The average Bonchev–Trinajstić information content (AvgIpc) is 3.66. The predicted molar refractivity (Wildman–Crippen MR) is 237 cm³/mol. The van der Waals surface area contributed by atoms with Gasteiger partial charge in [-0.3, -0.25) is 0 Å². The van der Waals surface area contributed by atoms with Gasteiger partial charge >= 0.3 is 0 Å². The zero-order valence-electron chi connectivity index (χ0n) is 30.6. The first kappa shape index (κ1) is 32.0. The summed E-state index contributed by atoms with van der Waals surface area (Å²) in [7, 11) is 0. The van der Waals surface area contributed by atoms with Crippen LogP contribution in [0.1, 0.15) is 0 Å². The first-order valence-corrected chi connectivity index (χ1v) is 19.2. The van der Waals surface area contributed by atoms with Crippen LogP contribution in [0, 0.1) is 0 Å². The number of benzene rings is 10. The molecule has 0 aliphatic rings. The molecule has 2 nitrogen and oxygen atoms in total. The molecule has 0 radical (unpaired) electrons. The highest BCUT2D eigenvalue weighted by Gasteiger charge is 2.20. The van der Waals surface area contributed by atoms with E-state index >= 15 is 0 Å². The number of nitrogens with zero attached hydrogens (tertiary/aromatic N) is 1. The summed E-state index contributed by atoms with van der Waals surface area (Å²) in [5.74, 6) is 0. The van der Waals surface area contributed by atoms with Gasteiger partial charge in [0.05, 0.1) is 5.69 Å². The van der Waals surface area contributed by atoms with E-state index in [2.05, 4.69) is 205 Å². The van der Waals surface area contributed by atoms with Crippen molar-refractivity contribution in [3.05, 3.63) is 212 Å². The molecule has 1 aromatic heterocycles. The van der Waals surface area contributed by atoms with E-state index in [-0.39, 0.29) is 0 Å². The van der Waals surface area contributed by atoms with Gasteiger partial charge in [0, 0.05) is 27.5 Å². The van der Waals surface area contributed by atoms with Gasteiger partial charge in [-0.15, -0.1) is 0 Å². The van der Waals surface area contributed by atoms with E-state index in [1.54, 1.807) is 0 Å². The number of hydrogen-bond donors (Lipinski definition) is 0. The third-order valence-corrected chi connectivity index (χ3v) is 11.2. The van der Waals surface area contributed by atoms with E-state index < -0.39 is 0 Å². The van der Waals surface area contributed by atoms with Gasteiger partial charge < -0.3 is 9.32 Å². The molecule has 0 aliphatic heterocycles. The minimum Gasteiger partial charge on any atom is -0.456 e. The monoisotopic (exact) mass is 713 g/mol. The van der Waals surface area contributed by atoms with E-state index in [0.717, 1.165) is 39.0 Å². The Balaban J connectivity index is 0.985. The lowest BCUT2D eigenvalue weighted by Gasteiger charge is -2.28. The van der Waals surface area contributed by atoms with E-state index in [4.69, 9.17) is 4.42 Å². The van der Waals surface area contributed by atoms with Crippen LogP contribution in [0.15, 0.2) is 217 Å². The van der Waals surface area contributed by atoms with Crippen LogP contribution in [-0.4, -0.2) is 0 Å². The fourth-order valence-electron chi connectivity index (χ4n) is 8.49. The van der Waals surface area contributed by atoms with Crippen molar-refractivity contribution in [1.29, 1.82) is 0 Å². The van der Waals surface area contributed by atoms with Crippen LogP contribution in [0.4, 0.5) is 17.1 Å². The highest BCUT2D eigenvalue weighted by Crippen LogP contribution is 2.45. The Bertz CT molecular complexity index is 3250. The Morgan fingerprint density at radius 2 is 0.875 bits per heavy atom. The van der Waals surface area contributed by atoms with Crippen LogP contribution < -0.4 is 4.90 Å². The summed E-state index contributed by atoms with van der Waals surface area (Å²) in [4.78, 5) is 2.39. The van der Waals surface area contributed by atoms with E-state index in [9.17, 15) is 0 Å². The van der Waals surface area contributed by atoms with Gasteiger partial charge in [0.15, 0.2) is 0 Å². The Morgan fingerprint density at radius 3 is 1.66 bits per heavy atom. The third kappa shape index (κ3) is 5.42. The molecule has 0 saturated carbocycles.